The number of hydrogen-bond acceptors (Lipinski definition) is 2. The lowest BCUT2D eigenvalue weighted by atomic mass is 10.1. The highest BCUT2D eigenvalue weighted by atomic mass is 35.5. The van der Waals surface area contributed by atoms with Gasteiger partial charge in [0.15, 0.2) is 0 Å². The zero-order valence-corrected chi connectivity index (χ0v) is 11.6. The first-order valence-electron chi connectivity index (χ1n) is 5.89. The number of hydrogen-bond donors (Lipinski definition) is 2. The highest BCUT2D eigenvalue weighted by Crippen LogP contribution is 2.25. The van der Waals surface area contributed by atoms with Gasteiger partial charge >= 0.3 is 0 Å². The summed E-state index contributed by atoms with van der Waals surface area (Å²) in [5.74, 6) is 0.381. The maximum atomic E-state index is 8.88. The van der Waals surface area contributed by atoms with E-state index < -0.39 is 0 Å². The van der Waals surface area contributed by atoms with Gasteiger partial charge in [-0.15, -0.1) is 0 Å². The van der Waals surface area contributed by atoms with Gasteiger partial charge in [0.05, 0.1) is 10.0 Å². The molecule has 2 N–H and O–H groups in total. The fraction of sp³-hybridized carbons (Fsp3) is 0.538. The Bertz CT molecular complexity index is 344. The van der Waals surface area contributed by atoms with Gasteiger partial charge in [0.25, 0.3) is 0 Å². The maximum Gasteiger partial charge on any atom is 0.0637 e. The van der Waals surface area contributed by atoms with Crippen molar-refractivity contribution in [2.45, 2.75) is 26.3 Å². The molecule has 2 nitrogen and oxygen atoms in total. The third-order valence-electron chi connectivity index (χ3n) is 2.71. The highest BCUT2D eigenvalue weighted by molar-refractivity contribution is 6.42. The zero-order valence-electron chi connectivity index (χ0n) is 10.0. The lowest BCUT2D eigenvalue weighted by molar-refractivity contribution is 0.228. The molecule has 4 heteroatoms. The van der Waals surface area contributed by atoms with Crippen LogP contribution in [0.5, 0.6) is 0 Å². The molecule has 0 aliphatic rings. The van der Waals surface area contributed by atoms with Gasteiger partial charge in [-0.05, 0) is 36.9 Å². The van der Waals surface area contributed by atoms with Crippen LogP contribution in [0.2, 0.25) is 10.0 Å². The van der Waals surface area contributed by atoms with Gasteiger partial charge in [-0.1, -0.05) is 42.3 Å². The van der Waals surface area contributed by atoms with Crippen molar-refractivity contribution in [1.29, 1.82) is 0 Å². The van der Waals surface area contributed by atoms with Crippen LogP contribution >= 0.6 is 23.2 Å². The lowest BCUT2D eigenvalue weighted by Crippen LogP contribution is -2.16. The Morgan fingerprint density at radius 1 is 1.35 bits per heavy atom. The molecule has 1 atom stereocenters. The summed E-state index contributed by atoms with van der Waals surface area (Å²) in [5, 5.41) is 13.4. The van der Waals surface area contributed by atoms with Gasteiger partial charge in [0, 0.05) is 13.2 Å². The van der Waals surface area contributed by atoms with Gasteiger partial charge in [0.2, 0.25) is 0 Å². The molecule has 0 aromatic heterocycles. The number of rotatable bonds is 7. The van der Waals surface area contributed by atoms with Crippen LogP contribution in [-0.4, -0.2) is 18.3 Å². The number of nitrogens with one attached hydrogen (secondary N) is 1. The molecule has 1 rings (SSSR count). The highest BCUT2D eigenvalue weighted by Gasteiger charge is 2.03. The molecule has 1 aromatic rings. The van der Waals surface area contributed by atoms with Crippen molar-refractivity contribution in [3.8, 4) is 0 Å². The maximum absolute atomic E-state index is 8.88. The summed E-state index contributed by atoms with van der Waals surface area (Å²) in [4.78, 5) is 0. The number of halogens is 2. The van der Waals surface area contributed by atoms with Crippen LogP contribution in [0.3, 0.4) is 0 Å². The first-order chi connectivity index (χ1) is 8.15. The number of benzene rings is 1. The number of aliphatic hydroxyl groups is 1. The molecule has 17 heavy (non-hydrogen) atoms. The molecule has 0 bridgehead atoms. The van der Waals surface area contributed by atoms with E-state index in [9.17, 15) is 0 Å². The SMILES string of the molecule is CC(CO)CCCNCc1cccc(Cl)c1Cl. The summed E-state index contributed by atoms with van der Waals surface area (Å²) >= 11 is 12.0. The van der Waals surface area contributed by atoms with Gasteiger partial charge in [-0.2, -0.15) is 0 Å². The van der Waals surface area contributed by atoms with E-state index in [0.717, 1.165) is 31.5 Å². The summed E-state index contributed by atoms with van der Waals surface area (Å²) in [7, 11) is 0. The Balaban J connectivity index is 2.25. The second kappa shape index (κ2) is 7.93. The summed E-state index contributed by atoms with van der Waals surface area (Å²) in [6.07, 6.45) is 2.09. The van der Waals surface area contributed by atoms with Crippen LogP contribution in [0, 0.1) is 5.92 Å². The third-order valence-corrected chi connectivity index (χ3v) is 3.57. The normalized spacial score (nSPS) is 12.7. The standard InChI is InChI=1S/C13H19Cl2NO/c1-10(9-17)4-3-7-16-8-11-5-2-6-12(14)13(11)15/h2,5-6,10,16-17H,3-4,7-9H2,1H3. The molecule has 0 radical (unpaired) electrons. The van der Waals surface area contributed by atoms with E-state index in [0.29, 0.717) is 16.0 Å². The predicted octanol–water partition coefficient (Wildman–Crippen LogP) is 3.49. The molecule has 0 heterocycles. The van der Waals surface area contributed by atoms with Gasteiger partial charge in [-0.25, -0.2) is 0 Å². The average molecular weight is 276 g/mol. The first-order valence-corrected chi connectivity index (χ1v) is 6.65. The molecular formula is C13H19Cl2NO. The van der Waals surface area contributed by atoms with E-state index in [1.54, 1.807) is 6.07 Å². The van der Waals surface area contributed by atoms with E-state index in [2.05, 4.69) is 5.32 Å². The summed E-state index contributed by atoms with van der Waals surface area (Å²) in [5.41, 5.74) is 1.02. The smallest absolute Gasteiger partial charge is 0.0637 e. The van der Waals surface area contributed by atoms with Crippen LogP contribution in [0.25, 0.3) is 0 Å². The summed E-state index contributed by atoms with van der Waals surface area (Å²) in [6.45, 7) is 3.97. The van der Waals surface area contributed by atoms with Gasteiger partial charge in [0.1, 0.15) is 0 Å². The van der Waals surface area contributed by atoms with Crippen LogP contribution in [0.4, 0.5) is 0 Å². The van der Waals surface area contributed by atoms with Crippen LogP contribution in [0.15, 0.2) is 18.2 Å². The topological polar surface area (TPSA) is 32.3 Å². The molecule has 0 aliphatic carbocycles. The van der Waals surface area contributed by atoms with Crippen LogP contribution in [0.1, 0.15) is 25.3 Å². The quantitative estimate of drug-likeness (QED) is 0.747. The van der Waals surface area contributed by atoms with Crippen LogP contribution in [-0.2, 0) is 6.54 Å². The van der Waals surface area contributed by atoms with E-state index in [-0.39, 0.29) is 6.61 Å². The molecule has 1 unspecified atom stereocenters. The minimum absolute atomic E-state index is 0.264. The predicted molar refractivity (Wildman–Crippen MR) is 73.7 cm³/mol. The van der Waals surface area contributed by atoms with Crippen molar-refractivity contribution < 1.29 is 5.11 Å². The molecule has 0 saturated carbocycles. The summed E-state index contributed by atoms with van der Waals surface area (Å²) < 4.78 is 0. The average Bonchev–Trinajstić information content (AvgIpc) is 2.33. The first kappa shape index (κ1) is 14.8. The fourth-order valence-corrected chi connectivity index (χ4v) is 1.96. The van der Waals surface area contributed by atoms with Crippen molar-refractivity contribution in [3.63, 3.8) is 0 Å². The molecule has 96 valence electrons. The lowest BCUT2D eigenvalue weighted by Gasteiger charge is -2.09. The van der Waals surface area contributed by atoms with Crippen molar-refractivity contribution in [2.24, 2.45) is 5.92 Å². The van der Waals surface area contributed by atoms with Crippen molar-refractivity contribution in [1.82, 2.24) is 5.32 Å². The molecular weight excluding hydrogens is 257 g/mol. The molecule has 0 aliphatic heterocycles. The Morgan fingerprint density at radius 3 is 2.82 bits per heavy atom. The fourth-order valence-electron chi connectivity index (χ4n) is 1.57. The molecule has 0 saturated heterocycles. The van der Waals surface area contributed by atoms with Gasteiger partial charge < -0.3 is 10.4 Å². The van der Waals surface area contributed by atoms with E-state index in [1.165, 1.54) is 0 Å². The van der Waals surface area contributed by atoms with E-state index in [1.807, 2.05) is 19.1 Å². The largest absolute Gasteiger partial charge is 0.396 e. The third kappa shape index (κ3) is 5.26. The molecule has 1 aromatic carbocycles. The molecule has 0 amide bonds. The Hall–Kier alpha value is -0.280. The monoisotopic (exact) mass is 275 g/mol. The van der Waals surface area contributed by atoms with Gasteiger partial charge in [-0.3, -0.25) is 0 Å². The Labute approximate surface area is 113 Å². The van der Waals surface area contributed by atoms with E-state index >= 15 is 0 Å². The van der Waals surface area contributed by atoms with Crippen molar-refractivity contribution in [3.05, 3.63) is 33.8 Å². The van der Waals surface area contributed by atoms with E-state index in [4.69, 9.17) is 28.3 Å². The number of aliphatic hydroxyl groups excluding tert-OH is 1. The molecule has 0 fully saturated rings. The molecule has 0 spiro atoms. The minimum atomic E-state index is 0.264. The van der Waals surface area contributed by atoms with Crippen molar-refractivity contribution in [2.75, 3.05) is 13.2 Å². The Kier molecular flexibility index (Phi) is 6.90. The van der Waals surface area contributed by atoms with Crippen molar-refractivity contribution >= 4 is 23.2 Å². The zero-order chi connectivity index (χ0) is 12.7. The Morgan fingerprint density at radius 2 is 2.12 bits per heavy atom. The minimum Gasteiger partial charge on any atom is -0.396 e. The summed E-state index contributed by atoms with van der Waals surface area (Å²) in [6, 6.07) is 5.66. The van der Waals surface area contributed by atoms with Crippen LogP contribution < -0.4 is 5.32 Å². The second-order valence-electron chi connectivity index (χ2n) is 4.32. The second-order valence-corrected chi connectivity index (χ2v) is 5.10.